The summed E-state index contributed by atoms with van der Waals surface area (Å²) in [5.41, 5.74) is 8.01. The largest absolute Gasteiger partial charge is 0.469 e. The minimum Gasteiger partial charge on any atom is -0.469 e. The first-order valence-electron chi connectivity index (χ1n) is 10.00. The zero-order chi connectivity index (χ0) is 19.2. The van der Waals surface area contributed by atoms with Crippen LogP contribution in [0.1, 0.15) is 37.7 Å². The van der Waals surface area contributed by atoms with E-state index in [0.717, 1.165) is 57.4 Å². The maximum absolute atomic E-state index is 12.9. The van der Waals surface area contributed by atoms with Gasteiger partial charge in [0, 0.05) is 50.7 Å². The number of nitrogens with zero attached hydrogens (tertiary/aromatic N) is 2. The normalized spacial score (nSPS) is 17.9. The number of piperidine rings is 2. The molecule has 0 atom stereocenters. The summed E-state index contributed by atoms with van der Waals surface area (Å²) < 4.78 is 4.75. The quantitative estimate of drug-likeness (QED) is 0.704. The number of anilines is 1. The Labute approximate surface area is 185 Å². The number of amides is 1. The van der Waals surface area contributed by atoms with Crippen LogP contribution in [0.5, 0.6) is 0 Å². The van der Waals surface area contributed by atoms with Crippen molar-refractivity contribution >= 4 is 42.4 Å². The Bertz CT molecular complexity index is 641. The third-order valence-corrected chi connectivity index (χ3v) is 5.99. The molecule has 0 aromatic heterocycles. The van der Waals surface area contributed by atoms with Gasteiger partial charge in [-0.15, -0.1) is 24.8 Å². The lowest BCUT2D eigenvalue weighted by atomic mass is 9.90. The van der Waals surface area contributed by atoms with Gasteiger partial charge in [-0.3, -0.25) is 9.59 Å². The van der Waals surface area contributed by atoms with E-state index in [1.54, 1.807) is 0 Å². The summed E-state index contributed by atoms with van der Waals surface area (Å²) in [4.78, 5) is 28.6. The van der Waals surface area contributed by atoms with Crippen molar-refractivity contribution in [1.82, 2.24) is 4.90 Å². The molecule has 0 aliphatic carbocycles. The maximum atomic E-state index is 12.9. The first-order chi connectivity index (χ1) is 13.1. The van der Waals surface area contributed by atoms with Gasteiger partial charge < -0.3 is 20.3 Å². The number of carbonyl (C=O) groups excluding carboxylic acids is 2. The summed E-state index contributed by atoms with van der Waals surface area (Å²) >= 11 is 0. The van der Waals surface area contributed by atoms with E-state index in [-0.39, 0.29) is 36.7 Å². The number of rotatable bonds is 5. The van der Waals surface area contributed by atoms with Gasteiger partial charge in [0.1, 0.15) is 0 Å². The summed E-state index contributed by atoms with van der Waals surface area (Å²) in [6.45, 7) is 3.92. The number of hydrogen-bond donors (Lipinski definition) is 1. The van der Waals surface area contributed by atoms with Crippen molar-refractivity contribution in [3.05, 3.63) is 29.8 Å². The second-order valence-corrected chi connectivity index (χ2v) is 7.68. The summed E-state index contributed by atoms with van der Waals surface area (Å²) in [7, 11) is 1.43. The van der Waals surface area contributed by atoms with Gasteiger partial charge in [0.05, 0.1) is 7.11 Å². The molecule has 2 fully saturated rings. The molecule has 0 saturated carbocycles. The Morgan fingerprint density at radius 3 is 2.10 bits per heavy atom. The fourth-order valence-electron chi connectivity index (χ4n) is 4.16. The molecule has 2 N–H and O–H groups in total. The average Bonchev–Trinajstić information content (AvgIpc) is 2.74. The molecule has 0 radical (unpaired) electrons. The van der Waals surface area contributed by atoms with Gasteiger partial charge in [0.15, 0.2) is 0 Å². The molecule has 1 aromatic carbocycles. The highest BCUT2D eigenvalue weighted by atomic mass is 35.5. The van der Waals surface area contributed by atoms with Crippen molar-refractivity contribution in [3.63, 3.8) is 0 Å². The highest BCUT2D eigenvalue weighted by Crippen LogP contribution is 2.27. The van der Waals surface area contributed by atoms with Crippen LogP contribution in [0, 0.1) is 11.8 Å². The van der Waals surface area contributed by atoms with E-state index in [9.17, 15) is 9.59 Å². The molecule has 0 bridgehead atoms. The number of halogens is 2. The summed E-state index contributed by atoms with van der Waals surface area (Å²) in [5, 5.41) is 0. The van der Waals surface area contributed by atoms with E-state index < -0.39 is 0 Å². The van der Waals surface area contributed by atoms with Crippen LogP contribution in [0.25, 0.3) is 0 Å². The van der Waals surface area contributed by atoms with Crippen molar-refractivity contribution in [2.24, 2.45) is 17.6 Å². The number of methoxy groups -OCH3 is 1. The van der Waals surface area contributed by atoms with Gasteiger partial charge in [0.2, 0.25) is 5.91 Å². The monoisotopic (exact) mass is 445 g/mol. The maximum Gasteiger partial charge on any atom is 0.305 e. The van der Waals surface area contributed by atoms with Crippen LogP contribution < -0.4 is 10.6 Å². The van der Waals surface area contributed by atoms with E-state index in [1.165, 1.54) is 12.8 Å². The molecule has 2 aliphatic rings. The molecular weight excluding hydrogens is 413 g/mol. The minimum atomic E-state index is -0.147. The molecule has 29 heavy (non-hydrogen) atoms. The minimum absolute atomic E-state index is 0. The molecule has 1 aromatic rings. The summed E-state index contributed by atoms with van der Waals surface area (Å²) in [6.07, 6.45) is 4.07. The number of ether oxygens (including phenoxy) is 1. The Hall–Kier alpha value is -1.50. The van der Waals surface area contributed by atoms with E-state index in [4.69, 9.17) is 10.5 Å². The molecule has 2 saturated heterocycles. The third kappa shape index (κ3) is 6.76. The highest BCUT2D eigenvalue weighted by Gasteiger charge is 2.31. The predicted molar refractivity (Wildman–Crippen MR) is 120 cm³/mol. The van der Waals surface area contributed by atoms with Crippen molar-refractivity contribution in [1.29, 1.82) is 0 Å². The number of likely N-dealkylation sites (tertiary alicyclic amines) is 1. The molecule has 164 valence electrons. The van der Waals surface area contributed by atoms with Crippen LogP contribution in [0.2, 0.25) is 0 Å². The molecular formula is C21H33Cl2N3O3. The topological polar surface area (TPSA) is 75.9 Å². The lowest BCUT2D eigenvalue weighted by Gasteiger charge is -2.38. The second kappa shape index (κ2) is 12.3. The fourth-order valence-corrected chi connectivity index (χ4v) is 4.16. The zero-order valence-corrected chi connectivity index (χ0v) is 18.7. The van der Waals surface area contributed by atoms with Gasteiger partial charge in [-0.25, -0.2) is 0 Å². The van der Waals surface area contributed by atoms with Crippen molar-refractivity contribution < 1.29 is 14.3 Å². The summed E-state index contributed by atoms with van der Waals surface area (Å²) in [6, 6.07) is 8.39. The SMILES string of the molecule is COC(=O)CC1CCN(C(=O)C2CCN(c3ccc(CN)cc3)CC2)CC1.Cl.Cl. The number of esters is 1. The molecule has 1 amide bonds. The fraction of sp³-hybridized carbons (Fsp3) is 0.619. The van der Waals surface area contributed by atoms with E-state index in [1.807, 2.05) is 4.90 Å². The van der Waals surface area contributed by atoms with E-state index in [0.29, 0.717) is 24.8 Å². The van der Waals surface area contributed by atoms with Crippen LogP contribution >= 0.6 is 24.8 Å². The van der Waals surface area contributed by atoms with E-state index >= 15 is 0 Å². The van der Waals surface area contributed by atoms with Gasteiger partial charge in [-0.05, 0) is 49.3 Å². The Morgan fingerprint density at radius 2 is 1.59 bits per heavy atom. The lowest BCUT2D eigenvalue weighted by molar-refractivity contribution is -0.142. The number of hydrogen-bond acceptors (Lipinski definition) is 5. The van der Waals surface area contributed by atoms with Gasteiger partial charge >= 0.3 is 5.97 Å². The molecule has 3 rings (SSSR count). The highest BCUT2D eigenvalue weighted by molar-refractivity contribution is 5.85. The van der Waals surface area contributed by atoms with Crippen molar-refractivity contribution in [2.45, 2.75) is 38.6 Å². The van der Waals surface area contributed by atoms with Crippen molar-refractivity contribution in [3.8, 4) is 0 Å². The third-order valence-electron chi connectivity index (χ3n) is 5.99. The second-order valence-electron chi connectivity index (χ2n) is 7.68. The number of benzene rings is 1. The standard InChI is InChI=1S/C21H31N3O3.2ClH/c1-27-20(25)14-16-6-10-24(11-7-16)21(26)18-8-12-23(13-9-18)19-4-2-17(15-22)3-5-19;;/h2-5,16,18H,6-15,22H2,1H3;2*1H. The van der Waals surface area contributed by atoms with Crippen LogP contribution in [0.4, 0.5) is 5.69 Å². The molecule has 6 nitrogen and oxygen atoms in total. The van der Waals surface area contributed by atoms with Crippen molar-refractivity contribution in [2.75, 3.05) is 38.2 Å². The van der Waals surface area contributed by atoms with Crippen LogP contribution in [0.15, 0.2) is 24.3 Å². The van der Waals surface area contributed by atoms with Crippen LogP contribution in [-0.2, 0) is 20.9 Å². The molecule has 8 heteroatoms. The van der Waals surface area contributed by atoms with Gasteiger partial charge in [-0.2, -0.15) is 0 Å². The van der Waals surface area contributed by atoms with Gasteiger partial charge in [-0.1, -0.05) is 12.1 Å². The number of carbonyl (C=O) groups is 2. The molecule has 0 unspecified atom stereocenters. The average molecular weight is 446 g/mol. The van der Waals surface area contributed by atoms with E-state index in [2.05, 4.69) is 29.2 Å². The molecule has 2 heterocycles. The predicted octanol–water partition coefficient (Wildman–Crippen LogP) is 3.01. The number of nitrogens with two attached hydrogens (primary N) is 1. The Kier molecular flexibility index (Phi) is 10.8. The lowest BCUT2D eigenvalue weighted by Crippen LogP contribution is -2.45. The molecule has 0 spiro atoms. The molecule has 2 aliphatic heterocycles. The first-order valence-corrected chi connectivity index (χ1v) is 10.00. The summed E-state index contributed by atoms with van der Waals surface area (Å²) in [5.74, 6) is 0.623. The Balaban J connectivity index is 0.00000210. The van der Waals surface area contributed by atoms with Crippen LogP contribution in [-0.4, -0.2) is 50.1 Å². The zero-order valence-electron chi connectivity index (χ0n) is 17.0. The smallest absolute Gasteiger partial charge is 0.305 e. The first kappa shape index (κ1) is 25.5. The Morgan fingerprint density at radius 1 is 1.00 bits per heavy atom. The van der Waals surface area contributed by atoms with Gasteiger partial charge in [0.25, 0.3) is 0 Å². The van der Waals surface area contributed by atoms with Crippen LogP contribution in [0.3, 0.4) is 0 Å².